The molecule has 2 nitrogen and oxygen atoms in total. The Hall–Kier alpha value is -2.16. The van der Waals surface area contributed by atoms with Gasteiger partial charge < -0.3 is 5.11 Å². The minimum Gasteiger partial charge on any atom is -0.481 e. The summed E-state index contributed by atoms with van der Waals surface area (Å²) >= 11 is 0. The lowest BCUT2D eigenvalue weighted by molar-refractivity contribution is -0.138. The predicted molar refractivity (Wildman–Crippen MR) is 68.9 cm³/mol. The molecule has 0 amide bonds. The molecule has 0 aliphatic rings. The molecule has 1 atom stereocenters. The molecule has 0 saturated carbocycles. The highest BCUT2D eigenvalue weighted by atomic mass is 19.1. The van der Waals surface area contributed by atoms with Gasteiger partial charge in [0, 0.05) is 5.56 Å². The van der Waals surface area contributed by atoms with Gasteiger partial charge in [0.05, 0.1) is 5.92 Å². The Balaban J connectivity index is 0.000000225. The van der Waals surface area contributed by atoms with E-state index in [1.807, 2.05) is 36.4 Å². The summed E-state index contributed by atoms with van der Waals surface area (Å²) in [6.45, 7) is 1.46. The molecule has 3 heteroatoms. The summed E-state index contributed by atoms with van der Waals surface area (Å²) in [4.78, 5) is 10.5. The van der Waals surface area contributed by atoms with E-state index in [2.05, 4.69) is 0 Å². The van der Waals surface area contributed by atoms with Crippen molar-refractivity contribution in [2.45, 2.75) is 12.8 Å². The summed E-state index contributed by atoms with van der Waals surface area (Å²) in [6, 6.07) is 17.9. The first-order valence-electron chi connectivity index (χ1n) is 5.60. The maximum absolute atomic E-state index is 12.9. The molecule has 0 radical (unpaired) electrons. The zero-order chi connectivity index (χ0) is 13.4. The summed E-state index contributed by atoms with van der Waals surface area (Å²) in [5.74, 6) is -2.27. The van der Waals surface area contributed by atoms with Gasteiger partial charge in [0.15, 0.2) is 0 Å². The number of carboxylic acid groups (broad SMARTS) is 1. The SMILES string of the molecule is CC(C(=O)O)c1ccccc1F.c1ccccc1. The third-order valence-electron chi connectivity index (χ3n) is 2.41. The monoisotopic (exact) mass is 246 g/mol. The van der Waals surface area contributed by atoms with Crippen molar-refractivity contribution in [2.75, 3.05) is 0 Å². The summed E-state index contributed by atoms with van der Waals surface area (Å²) in [6.07, 6.45) is 0. The second-order valence-corrected chi connectivity index (χ2v) is 3.74. The van der Waals surface area contributed by atoms with Crippen LogP contribution in [0.2, 0.25) is 0 Å². The molecule has 2 rings (SSSR count). The van der Waals surface area contributed by atoms with Crippen molar-refractivity contribution in [1.29, 1.82) is 0 Å². The molecule has 0 aliphatic heterocycles. The van der Waals surface area contributed by atoms with Gasteiger partial charge in [0.1, 0.15) is 5.82 Å². The van der Waals surface area contributed by atoms with E-state index in [1.54, 1.807) is 6.07 Å². The number of rotatable bonds is 2. The number of hydrogen-bond acceptors (Lipinski definition) is 1. The topological polar surface area (TPSA) is 37.3 Å². The Labute approximate surface area is 106 Å². The Kier molecular flexibility index (Phi) is 5.58. The summed E-state index contributed by atoms with van der Waals surface area (Å²) in [7, 11) is 0. The van der Waals surface area contributed by atoms with Crippen LogP contribution in [0.25, 0.3) is 0 Å². The van der Waals surface area contributed by atoms with Gasteiger partial charge in [0.2, 0.25) is 0 Å². The number of carbonyl (C=O) groups is 1. The van der Waals surface area contributed by atoms with Gasteiger partial charge in [-0.2, -0.15) is 0 Å². The Bertz CT molecular complexity index is 456. The highest BCUT2D eigenvalue weighted by Gasteiger charge is 2.16. The highest BCUT2D eigenvalue weighted by Crippen LogP contribution is 2.18. The van der Waals surface area contributed by atoms with Crippen LogP contribution in [0.3, 0.4) is 0 Å². The van der Waals surface area contributed by atoms with Crippen LogP contribution >= 0.6 is 0 Å². The largest absolute Gasteiger partial charge is 0.481 e. The average Bonchev–Trinajstić information content (AvgIpc) is 2.41. The standard InChI is InChI=1S/C9H9FO2.C6H6/c1-6(9(11)12)7-4-2-3-5-8(7)10;1-2-4-6-5-3-1/h2-6H,1H3,(H,11,12);1-6H. The third kappa shape index (κ3) is 4.37. The smallest absolute Gasteiger partial charge is 0.310 e. The normalized spacial score (nSPS) is 11.0. The van der Waals surface area contributed by atoms with Crippen LogP contribution in [-0.4, -0.2) is 11.1 Å². The summed E-state index contributed by atoms with van der Waals surface area (Å²) in [5, 5.41) is 8.59. The molecule has 0 heterocycles. The second kappa shape index (κ2) is 7.22. The van der Waals surface area contributed by atoms with E-state index >= 15 is 0 Å². The van der Waals surface area contributed by atoms with Crippen LogP contribution in [0, 0.1) is 5.82 Å². The number of carboxylic acids is 1. The molecule has 0 fully saturated rings. The molecule has 2 aromatic carbocycles. The van der Waals surface area contributed by atoms with E-state index in [4.69, 9.17) is 5.11 Å². The van der Waals surface area contributed by atoms with Crippen molar-refractivity contribution in [3.05, 3.63) is 72.0 Å². The average molecular weight is 246 g/mol. The van der Waals surface area contributed by atoms with E-state index in [1.165, 1.54) is 25.1 Å². The molecular formula is C15H15FO2. The minimum atomic E-state index is -1.01. The van der Waals surface area contributed by atoms with E-state index < -0.39 is 17.7 Å². The number of halogens is 1. The predicted octanol–water partition coefficient (Wildman–Crippen LogP) is 3.70. The van der Waals surface area contributed by atoms with Gasteiger partial charge in [-0.1, -0.05) is 54.6 Å². The van der Waals surface area contributed by atoms with Crippen molar-refractivity contribution < 1.29 is 14.3 Å². The number of hydrogen-bond donors (Lipinski definition) is 1. The highest BCUT2D eigenvalue weighted by molar-refractivity contribution is 5.75. The Morgan fingerprint density at radius 3 is 1.83 bits per heavy atom. The molecule has 0 saturated heterocycles. The summed E-state index contributed by atoms with van der Waals surface area (Å²) < 4.78 is 12.9. The van der Waals surface area contributed by atoms with Gasteiger partial charge in [-0.15, -0.1) is 0 Å². The molecule has 1 unspecified atom stereocenters. The van der Waals surface area contributed by atoms with Crippen LogP contribution in [0.4, 0.5) is 4.39 Å². The molecule has 0 aliphatic carbocycles. The van der Waals surface area contributed by atoms with Gasteiger partial charge >= 0.3 is 5.97 Å². The van der Waals surface area contributed by atoms with Crippen molar-refractivity contribution in [3.8, 4) is 0 Å². The molecular weight excluding hydrogens is 231 g/mol. The fourth-order valence-electron chi connectivity index (χ4n) is 1.34. The zero-order valence-electron chi connectivity index (χ0n) is 10.1. The van der Waals surface area contributed by atoms with E-state index in [0.29, 0.717) is 0 Å². The van der Waals surface area contributed by atoms with E-state index in [9.17, 15) is 9.18 Å². The van der Waals surface area contributed by atoms with Gasteiger partial charge in [-0.05, 0) is 13.0 Å². The number of benzene rings is 2. The molecule has 0 aromatic heterocycles. The van der Waals surface area contributed by atoms with Gasteiger partial charge in [0.25, 0.3) is 0 Å². The van der Waals surface area contributed by atoms with E-state index in [-0.39, 0.29) is 5.56 Å². The van der Waals surface area contributed by atoms with Crippen LogP contribution in [0.1, 0.15) is 18.4 Å². The molecule has 0 bridgehead atoms. The summed E-state index contributed by atoms with van der Waals surface area (Å²) in [5.41, 5.74) is 0.227. The lowest BCUT2D eigenvalue weighted by Crippen LogP contribution is -2.08. The molecule has 18 heavy (non-hydrogen) atoms. The van der Waals surface area contributed by atoms with Crippen LogP contribution in [-0.2, 0) is 4.79 Å². The van der Waals surface area contributed by atoms with Crippen LogP contribution in [0.15, 0.2) is 60.7 Å². The number of aliphatic carboxylic acids is 1. The fraction of sp³-hybridized carbons (Fsp3) is 0.133. The lowest BCUT2D eigenvalue weighted by atomic mass is 10.0. The van der Waals surface area contributed by atoms with Crippen molar-refractivity contribution in [2.24, 2.45) is 0 Å². The van der Waals surface area contributed by atoms with Crippen molar-refractivity contribution in [1.82, 2.24) is 0 Å². The van der Waals surface area contributed by atoms with Crippen molar-refractivity contribution >= 4 is 5.97 Å². The first kappa shape index (κ1) is 13.9. The van der Waals surface area contributed by atoms with Crippen LogP contribution < -0.4 is 0 Å². The molecule has 2 aromatic rings. The maximum Gasteiger partial charge on any atom is 0.310 e. The van der Waals surface area contributed by atoms with Crippen molar-refractivity contribution in [3.63, 3.8) is 0 Å². The molecule has 1 N–H and O–H groups in total. The molecule has 0 spiro atoms. The fourth-order valence-corrected chi connectivity index (χ4v) is 1.34. The molecule has 94 valence electrons. The first-order chi connectivity index (χ1) is 8.63. The third-order valence-corrected chi connectivity index (χ3v) is 2.41. The Morgan fingerprint density at radius 2 is 1.44 bits per heavy atom. The van der Waals surface area contributed by atoms with Gasteiger partial charge in [-0.25, -0.2) is 4.39 Å². The zero-order valence-corrected chi connectivity index (χ0v) is 10.1. The van der Waals surface area contributed by atoms with Gasteiger partial charge in [-0.3, -0.25) is 4.79 Å². The van der Waals surface area contributed by atoms with E-state index in [0.717, 1.165) is 0 Å². The van der Waals surface area contributed by atoms with Crippen LogP contribution in [0.5, 0.6) is 0 Å². The first-order valence-corrected chi connectivity index (χ1v) is 5.60. The second-order valence-electron chi connectivity index (χ2n) is 3.74. The minimum absolute atomic E-state index is 0.227. The quantitative estimate of drug-likeness (QED) is 0.877. The Morgan fingerprint density at radius 1 is 1.00 bits per heavy atom. The maximum atomic E-state index is 12.9. The lowest BCUT2D eigenvalue weighted by Gasteiger charge is -2.06.